The van der Waals surface area contributed by atoms with Crippen molar-refractivity contribution in [3.8, 4) is 0 Å². The Balaban J connectivity index is 2.43. The molecule has 8 heteroatoms. The van der Waals surface area contributed by atoms with Crippen LogP contribution in [0.5, 0.6) is 0 Å². The molecule has 5 nitrogen and oxygen atoms in total. The van der Waals surface area contributed by atoms with E-state index < -0.39 is 15.8 Å². The van der Waals surface area contributed by atoms with Gasteiger partial charge in [0.1, 0.15) is 5.82 Å². The number of rotatable bonds is 3. The molecule has 0 radical (unpaired) electrons. The molecular formula is C12H11ClFN3O2S. The minimum atomic E-state index is -3.84. The number of nitrogens with two attached hydrogens (primary N) is 2. The van der Waals surface area contributed by atoms with E-state index in [2.05, 4.69) is 5.32 Å². The van der Waals surface area contributed by atoms with Gasteiger partial charge in [-0.3, -0.25) is 0 Å². The molecule has 0 unspecified atom stereocenters. The van der Waals surface area contributed by atoms with Gasteiger partial charge in [0, 0.05) is 0 Å². The maximum atomic E-state index is 13.0. The summed E-state index contributed by atoms with van der Waals surface area (Å²) in [6.45, 7) is 0. The van der Waals surface area contributed by atoms with Gasteiger partial charge in [0.25, 0.3) is 0 Å². The number of hydrogen-bond donors (Lipinski definition) is 3. The van der Waals surface area contributed by atoms with Crippen LogP contribution >= 0.6 is 11.6 Å². The molecule has 20 heavy (non-hydrogen) atoms. The van der Waals surface area contributed by atoms with Crippen molar-refractivity contribution in [1.29, 1.82) is 0 Å². The summed E-state index contributed by atoms with van der Waals surface area (Å²) in [6.07, 6.45) is 0. The Labute approximate surface area is 120 Å². The van der Waals surface area contributed by atoms with E-state index in [9.17, 15) is 12.8 Å². The lowest BCUT2D eigenvalue weighted by Crippen LogP contribution is -2.12. The highest BCUT2D eigenvalue weighted by Gasteiger charge is 2.11. The topological polar surface area (TPSA) is 98.2 Å². The normalized spacial score (nSPS) is 11.3. The molecular weight excluding hydrogens is 305 g/mol. The molecule has 2 aromatic rings. The maximum absolute atomic E-state index is 13.0. The van der Waals surface area contributed by atoms with Gasteiger partial charge in [-0.05, 0) is 36.4 Å². The fraction of sp³-hybridized carbons (Fsp3) is 0. The number of primary sulfonamides is 1. The van der Waals surface area contributed by atoms with E-state index in [0.717, 1.165) is 6.07 Å². The molecule has 2 aromatic carbocycles. The van der Waals surface area contributed by atoms with Gasteiger partial charge < -0.3 is 11.1 Å². The highest BCUT2D eigenvalue weighted by atomic mass is 35.5. The summed E-state index contributed by atoms with van der Waals surface area (Å²) in [6, 6.07) is 7.74. The Hall–Kier alpha value is -1.83. The molecule has 0 aliphatic rings. The summed E-state index contributed by atoms with van der Waals surface area (Å²) in [4.78, 5) is -0.0903. The Kier molecular flexibility index (Phi) is 3.85. The maximum Gasteiger partial charge on any atom is 0.238 e. The van der Waals surface area contributed by atoms with Gasteiger partial charge >= 0.3 is 0 Å². The van der Waals surface area contributed by atoms with E-state index in [1.54, 1.807) is 0 Å². The lowest BCUT2D eigenvalue weighted by molar-refractivity contribution is 0.598. The van der Waals surface area contributed by atoms with Crippen LogP contribution in [0.1, 0.15) is 0 Å². The molecule has 5 N–H and O–H groups in total. The summed E-state index contributed by atoms with van der Waals surface area (Å²) in [7, 11) is -3.84. The molecule has 0 heterocycles. The predicted octanol–water partition coefficient (Wildman–Crippen LogP) is 2.45. The lowest BCUT2D eigenvalue weighted by atomic mass is 10.2. The average molecular weight is 316 g/mol. The van der Waals surface area contributed by atoms with Crippen molar-refractivity contribution in [3.05, 3.63) is 47.2 Å². The molecule has 0 bridgehead atoms. The fourth-order valence-electron chi connectivity index (χ4n) is 1.56. The Bertz CT molecular complexity index is 765. The third-order valence-corrected chi connectivity index (χ3v) is 3.78. The van der Waals surface area contributed by atoms with Gasteiger partial charge in [0.05, 0.1) is 27.0 Å². The van der Waals surface area contributed by atoms with E-state index in [1.165, 1.54) is 30.3 Å². The van der Waals surface area contributed by atoms with Gasteiger partial charge in [-0.2, -0.15) is 0 Å². The summed E-state index contributed by atoms with van der Waals surface area (Å²) in [5, 5.41) is 8.03. The Morgan fingerprint density at radius 2 is 1.80 bits per heavy atom. The van der Waals surface area contributed by atoms with Gasteiger partial charge in [-0.1, -0.05) is 11.6 Å². The predicted molar refractivity (Wildman–Crippen MR) is 76.9 cm³/mol. The van der Waals surface area contributed by atoms with Gasteiger partial charge in [-0.25, -0.2) is 17.9 Å². The van der Waals surface area contributed by atoms with Crippen LogP contribution in [0, 0.1) is 5.82 Å². The number of anilines is 3. The van der Waals surface area contributed by atoms with Crippen molar-refractivity contribution >= 4 is 38.7 Å². The Morgan fingerprint density at radius 3 is 2.40 bits per heavy atom. The molecule has 0 aromatic heterocycles. The second kappa shape index (κ2) is 5.28. The largest absolute Gasteiger partial charge is 0.397 e. The smallest absolute Gasteiger partial charge is 0.238 e. The molecule has 106 valence electrons. The van der Waals surface area contributed by atoms with E-state index in [0.29, 0.717) is 17.1 Å². The van der Waals surface area contributed by atoms with Crippen molar-refractivity contribution in [2.45, 2.75) is 4.90 Å². The van der Waals surface area contributed by atoms with Crippen molar-refractivity contribution < 1.29 is 12.8 Å². The number of sulfonamides is 1. The zero-order valence-electron chi connectivity index (χ0n) is 10.1. The van der Waals surface area contributed by atoms with Gasteiger partial charge in [0.2, 0.25) is 10.0 Å². The molecule has 0 amide bonds. The Morgan fingerprint density at radius 1 is 1.10 bits per heavy atom. The van der Waals surface area contributed by atoms with Crippen molar-refractivity contribution in [3.63, 3.8) is 0 Å². The lowest BCUT2D eigenvalue weighted by Gasteiger charge is -2.12. The third kappa shape index (κ3) is 3.19. The van der Waals surface area contributed by atoms with Gasteiger partial charge in [0.15, 0.2) is 0 Å². The van der Waals surface area contributed by atoms with Crippen LogP contribution in [-0.4, -0.2) is 8.42 Å². The van der Waals surface area contributed by atoms with Crippen LogP contribution in [0.15, 0.2) is 41.3 Å². The highest BCUT2D eigenvalue weighted by Crippen LogP contribution is 2.30. The minimum Gasteiger partial charge on any atom is -0.397 e. The first-order valence-electron chi connectivity index (χ1n) is 5.42. The first-order chi connectivity index (χ1) is 9.27. The molecule has 0 spiro atoms. The molecule has 0 aliphatic heterocycles. The summed E-state index contributed by atoms with van der Waals surface area (Å²) >= 11 is 5.88. The van der Waals surface area contributed by atoms with Crippen LogP contribution in [0.3, 0.4) is 0 Å². The van der Waals surface area contributed by atoms with E-state index in [1.807, 2.05) is 0 Å². The highest BCUT2D eigenvalue weighted by molar-refractivity contribution is 7.89. The quantitative estimate of drug-likeness (QED) is 0.758. The van der Waals surface area contributed by atoms with Crippen molar-refractivity contribution in [2.24, 2.45) is 5.14 Å². The first-order valence-corrected chi connectivity index (χ1v) is 7.34. The molecule has 0 aliphatic carbocycles. The molecule has 0 saturated carbocycles. The summed E-state index contributed by atoms with van der Waals surface area (Å²) in [5.41, 5.74) is 6.75. The number of nitrogen functional groups attached to an aromatic ring is 1. The average Bonchev–Trinajstić information content (AvgIpc) is 2.33. The third-order valence-electron chi connectivity index (χ3n) is 2.55. The van der Waals surface area contributed by atoms with E-state index in [-0.39, 0.29) is 9.92 Å². The van der Waals surface area contributed by atoms with Crippen LogP contribution in [0.25, 0.3) is 0 Å². The second-order valence-electron chi connectivity index (χ2n) is 4.04. The van der Waals surface area contributed by atoms with E-state index >= 15 is 0 Å². The van der Waals surface area contributed by atoms with Crippen molar-refractivity contribution in [1.82, 2.24) is 0 Å². The number of benzene rings is 2. The molecule has 2 rings (SSSR count). The number of halogens is 2. The van der Waals surface area contributed by atoms with Crippen LogP contribution in [-0.2, 0) is 10.0 Å². The zero-order valence-corrected chi connectivity index (χ0v) is 11.7. The van der Waals surface area contributed by atoms with Gasteiger partial charge in [-0.15, -0.1) is 0 Å². The number of hydrogen-bond acceptors (Lipinski definition) is 4. The van der Waals surface area contributed by atoms with Crippen LogP contribution in [0.4, 0.5) is 21.5 Å². The standard InChI is InChI=1S/C12H11ClFN3O2S/c13-9-5-7(14)1-4-11(9)17-12-6-8(20(16,18)19)2-3-10(12)15/h1-6,17H,15H2,(H2,16,18,19). The number of nitrogens with one attached hydrogen (secondary N) is 1. The van der Waals surface area contributed by atoms with Crippen molar-refractivity contribution in [2.75, 3.05) is 11.1 Å². The van der Waals surface area contributed by atoms with Crippen LogP contribution < -0.4 is 16.2 Å². The minimum absolute atomic E-state index is 0.0903. The second-order valence-corrected chi connectivity index (χ2v) is 6.01. The van der Waals surface area contributed by atoms with E-state index in [4.69, 9.17) is 22.5 Å². The first kappa shape index (κ1) is 14.6. The molecule has 0 fully saturated rings. The van der Waals surface area contributed by atoms with Crippen LogP contribution in [0.2, 0.25) is 5.02 Å². The SMILES string of the molecule is Nc1ccc(S(N)(=O)=O)cc1Nc1ccc(F)cc1Cl. The molecule has 0 atom stereocenters. The molecule has 0 saturated heterocycles. The summed E-state index contributed by atoms with van der Waals surface area (Å²) in [5.74, 6) is -0.480. The summed E-state index contributed by atoms with van der Waals surface area (Å²) < 4.78 is 35.5. The zero-order chi connectivity index (χ0) is 14.9. The monoisotopic (exact) mass is 315 g/mol. The fourth-order valence-corrected chi connectivity index (χ4v) is 2.31.